The maximum absolute atomic E-state index is 13.7. The molecule has 106 valence electrons. The van der Waals surface area contributed by atoms with Gasteiger partial charge in [-0.05, 0) is 18.6 Å². The smallest absolute Gasteiger partial charge is 0.129 e. The number of likely N-dealkylation sites (tertiary alicyclic amines) is 1. The number of methoxy groups -OCH3 is 1. The highest BCUT2D eigenvalue weighted by Crippen LogP contribution is 2.20. The van der Waals surface area contributed by atoms with E-state index in [4.69, 9.17) is 21.1 Å². The van der Waals surface area contributed by atoms with E-state index in [-0.39, 0.29) is 11.9 Å². The van der Waals surface area contributed by atoms with Gasteiger partial charge in [-0.1, -0.05) is 17.7 Å². The molecule has 2 rings (SSSR count). The Labute approximate surface area is 118 Å². The number of ether oxygens (including phenoxy) is 2. The van der Waals surface area contributed by atoms with E-state index in [1.807, 2.05) is 0 Å². The van der Waals surface area contributed by atoms with Crippen molar-refractivity contribution in [1.29, 1.82) is 0 Å². The second-order valence-electron chi connectivity index (χ2n) is 4.75. The molecule has 0 unspecified atom stereocenters. The lowest BCUT2D eigenvalue weighted by Gasteiger charge is -2.16. The van der Waals surface area contributed by atoms with Crippen molar-refractivity contribution >= 4 is 11.6 Å². The van der Waals surface area contributed by atoms with E-state index in [1.165, 1.54) is 6.07 Å². The second-order valence-corrected chi connectivity index (χ2v) is 5.18. The van der Waals surface area contributed by atoms with Gasteiger partial charge in [0.1, 0.15) is 5.82 Å². The fourth-order valence-corrected chi connectivity index (χ4v) is 2.42. The van der Waals surface area contributed by atoms with Crippen LogP contribution >= 0.6 is 11.6 Å². The van der Waals surface area contributed by atoms with Gasteiger partial charge in [0, 0.05) is 37.3 Å². The Bertz CT molecular complexity index is 416. The summed E-state index contributed by atoms with van der Waals surface area (Å²) in [6, 6.07) is 4.83. The van der Waals surface area contributed by atoms with Gasteiger partial charge >= 0.3 is 0 Å². The molecule has 5 heteroatoms. The zero-order valence-electron chi connectivity index (χ0n) is 11.1. The minimum absolute atomic E-state index is 0.227. The average molecular weight is 288 g/mol. The van der Waals surface area contributed by atoms with Crippen LogP contribution in [-0.4, -0.2) is 44.4 Å². The van der Waals surface area contributed by atoms with Gasteiger partial charge < -0.3 is 9.47 Å². The van der Waals surface area contributed by atoms with E-state index in [9.17, 15) is 4.39 Å². The van der Waals surface area contributed by atoms with Gasteiger partial charge in [0.15, 0.2) is 0 Å². The molecule has 1 aromatic rings. The summed E-state index contributed by atoms with van der Waals surface area (Å²) < 4.78 is 24.3. The molecule has 0 bridgehead atoms. The van der Waals surface area contributed by atoms with Gasteiger partial charge in [-0.25, -0.2) is 4.39 Å². The first-order chi connectivity index (χ1) is 9.19. The normalized spacial score (nSPS) is 20.1. The lowest BCUT2D eigenvalue weighted by molar-refractivity contribution is 0.0218. The van der Waals surface area contributed by atoms with Crippen LogP contribution in [0.1, 0.15) is 12.0 Å². The quantitative estimate of drug-likeness (QED) is 0.751. The lowest BCUT2D eigenvalue weighted by atomic mass is 10.2. The standard InChI is InChI=1S/C14H19ClFNO2/c1-18-6-7-19-13-4-5-17(10-13)9-11-2-3-12(15)8-14(11)16/h2-3,8,13H,4-7,9-10H2,1H3/t13-/m1/s1. The molecular formula is C14H19ClFNO2. The molecule has 0 saturated carbocycles. The van der Waals surface area contributed by atoms with Crippen LogP contribution in [0, 0.1) is 5.82 Å². The summed E-state index contributed by atoms with van der Waals surface area (Å²) in [7, 11) is 1.66. The molecule has 1 aliphatic heterocycles. The molecular weight excluding hydrogens is 269 g/mol. The second kappa shape index (κ2) is 7.20. The van der Waals surface area contributed by atoms with Crippen molar-refractivity contribution in [1.82, 2.24) is 4.90 Å². The molecule has 3 nitrogen and oxygen atoms in total. The Morgan fingerprint density at radius 3 is 3.00 bits per heavy atom. The SMILES string of the molecule is COCCO[C@@H]1CCN(Cc2ccc(Cl)cc2F)C1. The summed E-state index contributed by atoms with van der Waals surface area (Å²) in [5.41, 5.74) is 0.682. The van der Waals surface area contributed by atoms with E-state index in [0.717, 1.165) is 19.5 Å². The number of hydrogen-bond acceptors (Lipinski definition) is 3. The molecule has 1 fully saturated rings. The van der Waals surface area contributed by atoms with E-state index >= 15 is 0 Å². The van der Waals surface area contributed by atoms with E-state index in [2.05, 4.69) is 4.90 Å². The van der Waals surface area contributed by atoms with Gasteiger partial charge in [0.2, 0.25) is 0 Å². The molecule has 1 saturated heterocycles. The topological polar surface area (TPSA) is 21.7 Å². The molecule has 1 aromatic carbocycles. The Morgan fingerprint density at radius 1 is 1.42 bits per heavy atom. The molecule has 1 atom stereocenters. The maximum Gasteiger partial charge on any atom is 0.129 e. The van der Waals surface area contributed by atoms with Gasteiger partial charge in [-0.2, -0.15) is 0 Å². The van der Waals surface area contributed by atoms with Crippen LogP contribution in [0.2, 0.25) is 5.02 Å². The fourth-order valence-electron chi connectivity index (χ4n) is 2.27. The molecule has 0 aliphatic carbocycles. The molecule has 0 amide bonds. The third-order valence-corrected chi connectivity index (χ3v) is 3.51. The molecule has 1 aliphatic rings. The third-order valence-electron chi connectivity index (χ3n) is 3.28. The summed E-state index contributed by atoms with van der Waals surface area (Å²) in [5.74, 6) is -0.240. The zero-order chi connectivity index (χ0) is 13.7. The van der Waals surface area contributed by atoms with Gasteiger partial charge in [0.25, 0.3) is 0 Å². The van der Waals surface area contributed by atoms with Crippen molar-refractivity contribution in [3.05, 3.63) is 34.6 Å². The molecule has 19 heavy (non-hydrogen) atoms. The third kappa shape index (κ3) is 4.42. The van der Waals surface area contributed by atoms with E-state index in [1.54, 1.807) is 19.2 Å². The van der Waals surface area contributed by atoms with Crippen molar-refractivity contribution in [3.8, 4) is 0 Å². The van der Waals surface area contributed by atoms with Crippen LogP contribution in [0.3, 0.4) is 0 Å². The highest BCUT2D eigenvalue weighted by molar-refractivity contribution is 6.30. The van der Waals surface area contributed by atoms with Crippen LogP contribution in [0.25, 0.3) is 0 Å². The van der Waals surface area contributed by atoms with Crippen molar-refractivity contribution in [2.24, 2.45) is 0 Å². The minimum atomic E-state index is -0.240. The number of rotatable bonds is 6. The van der Waals surface area contributed by atoms with Crippen LogP contribution in [-0.2, 0) is 16.0 Å². The summed E-state index contributed by atoms with van der Waals surface area (Å²) in [4.78, 5) is 2.20. The van der Waals surface area contributed by atoms with Crippen molar-refractivity contribution in [2.45, 2.75) is 19.1 Å². The van der Waals surface area contributed by atoms with Crippen LogP contribution in [0.5, 0.6) is 0 Å². The fraction of sp³-hybridized carbons (Fsp3) is 0.571. The van der Waals surface area contributed by atoms with Crippen LogP contribution in [0.4, 0.5) is 4.39 Å². The highest BCUT2D eigenvalue weighted by Gasteiger charge is 2.23. The number of halogens is 2. The largest absolute Gasteiger partial charge is 0.382 e. The summed E-state index contributed by atoms with van der Waals surface area (Å²) in [5, 5.41) is 0.434. The average Bonchev–Trinajstić information content (AvgIpc) is 2.81. The summed E-state index contributed by atoms with van der Waals surface area (Å²) in [6.07, 6.45) is 1.21. The Morgan fingerprint density at radius 2 is 2.26 bits per heavy atom. The summed E-state index contributed by atoms with van der Waals surface area (Å²) >= 11 is 5.74. The first-order valence-electron chi connectivity index (χ1n) is 6.46. The highest BCUT2D eigenvalue weighted by atomic mass is 35.5. The first kappa shape index (κ1) is 14.7. The molecule has 0 N–H and O–H groups in total. The number of nitrogens with zero attached hydrogens (tertiary/aromatic N) is 1. The maximum atomic E-state index is 13.7. The van der Waals surface area contributed by atoms with Crippen molar-refractivity contribution in [2.75, 3.05) is 33.4 Å². The van der Waals surface area contributed by atoms with E-state index < -0.39 is 0 Å². The molecule has 0 spiro atoms. The van der Waals surface area contributed by atoms with Gasteiger partial charge in [-0.15, -0.1) is 0 Å². The molecule has 0 radical (unpaired) electrons. The molecule has 0 aromatic heterocycles. The van der Waals surface area contributed by atoms with Crippen molar-refractivity contribution in [3.63, 3.8) is 0 Å². The Balaban J connectivity index is 1.81. The number of hydrogen-bond donors (Lipinski definition) is 0. The number of benzene rings is 1. The summed E-state index contributed by atoms with van der Waals surface area (Å²) in [6.45, 7) is 3.60. The van der Waals surface area contributed by atoms with Gasteiger partial charge in [0.05, 0.1) is 19.3 Å². The predicted octanol–water partition coefficient (Wildman–Crippen LogP) is 2.72. The van der Waals surface area contributed by atoms with E-state index in [0.29, 0.717) is 30.3 Å². The first-order valence-corrected chi connectivity index (χ1v) is 6.83. The zero-order valence-corrected chi connectivity index (χ0v) is 11.8. The molecule has 1 heterocycles. The lowest BCUT2D eigenvalue weighted by Crippen LogP contribution is -2.24. The van der Waals surface area contributed by atoms with Crippen molar-refractivity contribution < 1.29 is 13.9 Å². The predicted molar refractivity (Wildman–Crippen MR) is 72.9 cm³/mol. The Kier molecular flexibility index (Phi) is 5.58. The van der Waals surface area contributed by atoms with Crippen LogP contribution in [0.15, 0.2) is 18.2 Å². The monoisotopic (exact) mass is 287 g/mol. The van der Waals surface area contributed by atoms with Gasteiger partial charge in [-0.3, -0.25) is 4.90 Å². The Hall–Kier alpha value is -0.680. The minimum Gasteiger partial charge on any atom is -0.382 e. The van der Waals surface area contributed by atoms with Crippen LogP contribution < -0.4 is 0 Å².